The summed E-state index contributed by atoms with van der Waals surface area (Å²) in [6.45, 7) is 3.91. The van der Waals surface area contributed by atoms with E-state index >= 15 is 0 Å². The third kappa shape index (κ3) is 2.77. The maximum absolute atomic E-state index is 13.4. The molecule has 1 unspecified atom stereocenters. The highest BCUT2D eigenvalue weighted by molar-refractivity contribution is 5.34. The maximum Gasteiger partial charge on any atom is 0.123 e. The normalized spacial score (nSPS) is 14.2. The maximum atomic E-state index is 13.4. The molecule has 2 N–H and O–H groups in total. The number of nitrogens with two attached hydrogens (primary N) is 1. The van der Waals surface area contributed by atoms with E-state index in [2.05, 4.69) is 0 Å². The Morgan fingerprint density at radius 3 is 2.44 bits per heavy atom. The van der Waals surface area contributed by atoms with E-state index in [1.165, 1.54) is 12.1 Å². The van der Waals surface area contributed by atoms with Gasteiger partial charge in [0, 0.05) is 5.54 Å². The molecule has 2 aromatic rings. The first-order valence-electron chi connectivity index (χ1n) is 6.08. The van der Waals surface area contributed by atoms with Crippen molar-refractivity contribution in [3.63, 3.8) is 0 Å². The quantitative estimate of drug-likeness (QED) is 0.876. The molecule has 0 aliphatic carbocycles. The van der Waals surface area contributed by atoms with Gasteiger partial charge in [0.25, 0.3) is 0 Å². The Kier molecular flexibility index (Phi) is 3.48. The van der Waals surface area contributed by atoms with Gasteiger partial charge in [-0.05, 0) is 49.1 Å². The third-order valence-corrected chi connectivity index (χ3v) is 3.23. The standard InChI is InChI=1S/C16H18FN/c1-12-8-9-14(17)10-15(12)16(2,18)11-13-6-4-3-5-7-13/h3-10H,11,18H2,1-2H3. The zero-order valence-corrected chi connectivity index (χ0v) is 10.8. The molecule has 2 heteroatoms. The van der Waals surface area contributed by atoms with Gasteiger partial charge in [0.2, 0.25) is 0 Å². The summed E-state index contributed by atoms with van der Waals surface area (Å²) in [6, 6.07) is 14.8. The van der Waals surface area contributed by atoms with Crippen molar-refractivity contribution in [2.24, 2.45) is 5.73 Å². The molecule has 1 atom stereocenters. The number of aryl methyl sites for hydroxylation is 1. The number of rotatable bonds is 3. The molecule has 0 amide bonds. The molecule has 0 fully saturated rings. The minimum Gasteiger partial charge on any atom is -0.321 e. The van der Waals surface area contributed by atoms with Crippen LogP contribution in [-0.2, 0) is 12.0 Å². The molecule has 0 aliphatic heterocycles. The van der Waals surface area contributed by atoms with E-state index in [9.17, 15) is 4.39 Å². The zero-order chi connectivity index (χ0) is 13.2. The molecule has 0 aromatic heterocycles. The summed E-state index contributed by atoms with van der Waals surface area (Å²) in [5.74, 6) is -0.236. The van der Waals surface area contributed by atoms with Crippen molar-refractivity contribution in [2.45, 2.75) is 25.8 Å². The fourth-order valence-electron chi connectivity index (χ4n) is 2.32. The fraction of sp³-hybridized carbons (Fsp3) is 0.250. The number of halogens is 1. The van der Waals surface area contributed by atoms with Crippen molar-refractivity contribution >= 4 is 0 Å². The summed E-state index contributed by atoms with van der Waals surface area (Å²) in [6.07, 6.45) is 0.693. The smallest absolute Gasteiger partial charge is 0.123 e. The van der Waals surface area contributed by atoms with Crippen LogP contribution in [0.25, 0.3) is 0 Å². The Morgan fingerprint density at radius 1 is 1.11 bits per heavy atom. The van der Waals surface area contributed by atoms with Crippen molar-refractivity contribution in [2.75, 3.05) is 0 Å². The van der Waals surface area contributed by atoms with Crippen LogP contribution in [0.2, 0.25) is 0 Å². The van der Waals surface area contributed by atoms with Gasteiger partial charge in [-0.1, -0.05) is 36.4 Å². The molecule has 0 saturated carbocycles. The first-order chi connectivity index (χ1) is 8.49. The van der Waals surface area contributed by atoms with E-state index in [4.69, 9.17) is 5.73 Å². The average molecular weight is 243 g/mol. The van der Waals surface area contributed by atoms with Gasteiger partial charge in [0.05, 0.1) is 0 Å². The van der Waals surface area contributed by atoms with Gasteiger partial charge < -0.3 is 5.73 Å². The number of hydrogen-bond acceptors (Lipinski definition) is 1. The Morgan fingerprint density at radius 2 is 1.78 bits per heavy atom. The van der Waals surface area contributed by atoms with E-state index in [0.717, 1.165) is 16.7 Å². The molecule has 94 valence electrons. The number of hydrogen-bond donors (Lipinski definition) is 1. The van der Waals surface area contributed by atoms with E-state index in [0.29, 0.717) is 6.42 Å². The van der Waals surface area contributed by atoms with Gasteiger partial charge in [-0.3, -0.25) is 0 Å². The monoisotopic (exact) mass is 243 g/mol. The molecule has 0 bridgehead atoms. The van der Waals surface area contributed by atoms with Crippen LogP contribution >= 0.6 is 0 Å². The van der Waals surface area contributed by atoms with Crippen LogP contribution in [0.4, 0.5) is 4.39 Å². The highest BCUT2D eigenvalue weighted by atomic mass is 19.1. The van der Waals surface area contributed by atoms with Crippen LogP contribution in [-0.4, -0.2) is 0 Å². The van der Waals surface area contributed by atoms with Crippen LogP contribution < -0.4 is 5.73 Å². The second-order valence-electron chi connectivity index (χ2n) is 5.04. The second-order valence-corrected chi connectivity index (χ2v) is 5.04. The van der Waals surface area contributed by atoms with E-state index in [-0.39, 0.29) is 5.82 Å². The lowest BCUT2D eigenvalue weighted by molar-refractivity contribution is 0.483. The van der Waals surface area contributed by atoms with Gasteiger partial charge in [-0.15, -0.1) is 0 Å². The summed E-state index contributed by atoms with van der Waals surface area (Å²) in [7, 11) is 0. The molecular weight excluding hydrogens is 225 g/mol. The molecule has 2 rings (SSSR count). The molecule has 0 spiro atoms. The van der Waals surface area contributed by atoms with E-state index < -0.39 is 5.54 Å². The largest absolute Gasteiger partial charge is 0.321 e. The summed E-state index contributed by atoms with van der Waals surface area (Å²) in [5.41, 5.74) is 8.86. The Hall–Kier alpha value is -1.67. The minimum atomic E-state index is -0.562. The second kappa shape index (κ2) is 4.91. The minimum absolute atomic E-state index is 0.236. The van der Waals surface area contributed by atoms with Crippen molar-refractivity contribution in [3.05, 3.63) is 71.0 Å². The van der Waals surface area contributed by atoms with Gasteiger partial charge in [-0.2, -0.15) is 0 Å². The van der Waals surface area contributed by atoms with Crippen LogP contribution in [0.5, 0.6) is 0 Å². The summed E-state index contributed by atoms with van der Waals surface area (Å²) < 4.78 is 13.4. The van der Waals surface area contributed by atoms with Crippen LogP contribution in [0.1, 0.15) is 23.6 Å². The van der Waals surface area contributed by atoms with Crippen molar-refractivity contribution < 1.29 is 4.39 Å². The van der Waals surface area contributed by atoms with Crippen molar-refractivity contribution in [1.29, 1.82) is 0 Å². The summed E-state index contributed by atoms with van der Waals surface area (Å²) in [4.78, 5) is 0. The predicted octanol–water partition coefficient (Wildman–Crippen LogP) is 3.55. The third-order valence-electron chi connectivity index (χ3n) is 3.23. The molecular formula is C16H18FN. The molecule has 0 heterocycles. The average Bonchev–Trinajstić information content (AvgIpc) is 2.33. The SMILES string of the molecule is Cc1ccc(F)cc1C(C)(N)Cc1ccccc1. The first kappa shape index (κ1) is 12.8. The first-order valence-corrected chi connectivity index (χ1v) is 6.08. The lowest BCUT2D eigenvalue weighted by Crippen LogP contribution is -2.36. The van der Waals surface area contributed by atoms with Gasteiger partial charge in [0.15, 0.2) is 0 Å². The van der Waals surface area contributed by atoms with Gasteiger partial charge >= 0.3 is 0 Å². The Labute approximate surface area is 107 Å². The Balaban J connectivity index is 2.33. The summed E-state index contributed by atoms with van der Waals surface area (Å²) >= 11 is 0. The molecule has 1 nitrogen and oxygen atoms in total. The van der Waals surface area contributed by atoms with E-state index in [1.807, 2.05) is 44.2 Å². The fourth-order valence-corrected chi connectivity index (χ4v) is 2.32. The predicted molar refractivity (Wildman–Crippen MR) is 72.8 cm³/mol. The van der Waals surface area contributed by atoms with Gasteiger partial charge in [0.1, 0.15) is 5.82 Å². The van der Waals surface area contributed by atoms with Crippen LogP contribution in [0, 0.1) is 12.7 Å². The van der Waals surface area contributed by atoms with Crippen molar-refractivity contribution in [1.82, 2.24) is 0 Å². The van der Waals surface area contributed by atoms with Crippen molar-refractivity contribution in [3.8, 4) is 0 Å². The topological polar surface area (TPSA) is 26.0 Å². The van der Waals surface area contributed by atoms with Crippen LogP contribution in [0.15, 0.2) is 48.5 Å². The molecule has 0 aliphatic rings. The Bertz CT molecular complexity index is 532. The lowest BCUT2D eigenvalue weighted by atomic mass is 9.84. The number of benzene rings is 2. The van der Waals surface area contributed by atoms with Crippen LogP contribution in [0.3, 0.4) is 0 Å². The summed E-state index contributed by atoms with van der Waals surface area (Å²) in [5, 5.41) is 0. The van der Waals surface area contributed by atoms with Gasteiger partial charge in [-0.25, -0.2) is 4.39 Å². The molecule has 0 saturated heterocycles. The van der Waals surface area contributed by atoms with E-state index in [1.54, 1.807) is 6.07 Å². The molecule has 2 aromatic carbocycles. The zero-order valence-electron chi connectivity index (χ0n) is 10.8. The molecule has 18 heavy (non-hydrogen) atoms. The molecule has 0 radical (unpaired) electrons. The highest BCUT2D eigenvalue weighted by Crippen LogP contribution is 2.26. The lowest BCUT2D eigenvalue weighted by Gasteiger charge is -2.27. The highest BCUT2D eigenvalue weighted by Gasteiger charge is 2.23.